The first-order valence-electron chi connectivity index (χ1n) is 4.80. The molecule has 7 heteroatoms. The lowest BCUT2D eigenvalue weighted by Gasteiger charge is -2.15. The number of rotatable bonds is 5. The molecule has 92 valence electrons. The number of hydrogen-bond donors (Lipinski definition) is 0. The van der Waals surface area contributed by atoms with Crippen LogP contribution in [-0.4, -0.2) is 36.6 Å². The maximum atomic E-state index is 11.7. The summed E-state index contributed by atoms with van der Waals surface area (Å²) < 4.78 is 29.6. The van der Waals surface area contributed by atoms with Crippen molar-refractivity contribution in [1.82, 2.24) is 9.46 Å². The van der Waals surface area contributed by atoms with Gasteiger partial charge >= 0.3 is 0 Å². The molecule has 0 unspecified atom stereocenters. The molecule has 0 N–H and O–H groups in total. The summed E-state index contributed by atoms with van der Waals surface area (Å²) >= 11 is 5.44. The van der Waals surface area contributed by atoms with Crippen molar-refractivity contribution in [2.75, 3.05) is 18.7 Å². The standard InChI is InChI=1S/C9H15ClN2O3S/c1-7-9(8(2)15-11-7)6-12(3)16(13,14)5-4-10/h4-6H2,1-3H3. The van der Waals surface area contributed by atoms with Crippen molar-refractivity contribution in [1.29, 1.82) is 0 Å². The number of halogens is 1. The molecule has 0 atom stereocenters. The topological polar surface area (TPSA) is 63.4 Å². The molecule has 0 spiro atoms. The molecule has 1 aromatic rings. The molecule has 0 amide bonds. The van der Waals surface area contributed by atoms with Crippen LogP contribution in [0.1, 0.15) is 17.0 Å². The molecule has 0 aliphatic rings. The second-order valence-corrected chi connectivity index (χ2v) is 6.14. The molecule has 0 aromatic carbocycles. The molecule has 16 heavy (non-hydrogen) atoms. The van der Waals surface area contributed by atoms with E-state index in [1.54, 1.807) is 13.8 Å². The first-order valence-corrected chi connectivity index (χ1v) is 6.94. The Balaban J connectivity index is 2.83. The van der Waals surface area contributed by atoms with Crippen molar-refractivity contribution < 1.29 is 12.9 Å². The summed E-state index contributed by atoms with van der Waals surface area (Å²) in [7, 11) is -1.77. The van der Waals surface area contributed by atoms with E-state index in [-0.39, 0.29) is 18.2 Å². The highest BCUT2D eigenvalue weighted by Gasteiger charge is 2.20. The van der Waals surface area contributed by atoms with Gasteiger partial charge in [0.2, 0.25) is 10.0 Å². The minimum Gasteiger partial charge on any atom is -0.361 e. The monoisotopic (exact) mass is 266 g/mol. The zero-order valence-corrected chi connectivity index (χ0v) is 11.1. The number of nitrogens with zero attached hydrogens (tertiary/aromatic N) is 2. The van der Waals surface area contributed by atoms with E-state index in [0.717, 1.165) is 5.56 Å². The summed E-state index contributed by atoms with van der Waals surface area (Å²) in [5, 5.41) is 3.77. The largest absolute Gasteiger partial charge is 0.361 e. The van der Waals surface area contributed by atoms with Crippen molar-refractivity contribution in [3.8, 4) is 0 Å². The van der Waals surface area contributed by atoms with Crippen molar-refractivity contribution in [2.24, 2.45) is 0 Å². The third kappa shape index (κ3) is 2.96. The Morgan fingerprint density at radius 1 is 1.44 bits per heavy atom. The average molecular weight is 267 g/mol. The van der Waals surface area contributed by atoms with Gasteiger partial charge in [-0.25, -0.2) is 12.7 Å². The fourth-order valence-electron chi connectivity index (χ4n) is 1.30. The molecule has 0 aliphatic heterocycles. The number of hydrogen-bond acceptors (Lipinski definition) is 4. The third-order valence-electron chi connectivity index (χ3n) is 2.37. The van der Waals surface area contributed by atoms with Crippen LogP contribution in [0.25, 0.3) is 0 Å². The van der Waals surface area contributed by atoms with Gasteiger partial charge in [0.05, 0.1) is 11.4 Å². The van der Waals surface area contributed by atoms with Gasteiger partial charge in [-0.1, -0.05) is 5.16 Å². The van der Waals surface area contributed by atoms with E-state index in [1.807, 2.05) is 0 Å². The van der Waals surface area contributed by atoms with E-state index >= 15 is 0 Å². The van der Waals surface area contributed by atoms with Crippen LogP contribution in [-0.2, 0) is 16.6 Å². The van der Waals surface area contributed by atoms with Gasteiger partial charge in [-0.3, -0.25) is 0 Å². The number of alkyl halides is 1. The van der Waals surface area contributed by atoms with Crippen LogP contribution in [0.4, 0.5) is 0 Å². The molecule has 1 rings (SSSR count). The SMILES string of the molecule is Cc1noc(C)c1CN(C)S(=O)(=O)CCCl. The van der Waals surface area contributed by atoms with Crippen LogP contribution in [0.15, 0.2) is 4.52 Å². The maximum absolute atomic E-state index is 11.7. The minimum absolute atomic E-state index is 0.0611. The fraction of sp³-hybridized carbons (Fsp3) is 0.667. The van der Waals surface area contributed by atoms with Gasteiger partial charge in [-0.2, -0.15) is 0 Å². The van der Waals surface area contributed by atoms with Crippen molar-refractivity contribution in [2.45, 2.75) is 20.4 Å². The molecular weight excluding hydrogens is 252 g/mol. The highest BCUT2D eigenvalue weighted by molar-refractivity contribution is 7.89. The summed E-state index contributed by atoms with van der Waals surface area (Å²) in [5.41, 5.74) is 1.52. The van der Waals surface area contributed by atoms with Crippen molar-refractivity contribution in [3.05, 3.63) is 17.0 Å². The number of aryl methyl sites for hydroxylation is 2. The van der Waals surface area contributed by atoms with Gasteiger partial charge in [0.1, 0.15) is 5.76 Å². The van der Waals surface area contributed by atoms with Crippen LogP contribution in [0.3, 0.4) is 0 Å². The number of aromatic nitrogens is 1. The second kappa shape index (κ2) is 5.16. The zero-order chi connectivity index (χ0) is 12.3. The van der Waals surface area contributed by atoms with Crippen molar-refractivity contribution >= 4 is 21.6 Å². The predicted octanol–water partition coefficient (Wildman–Crippen LogP) is 1.29. The highest BCUT2D eigenvalue weighted by atomic mass is 35.5. The Bertz CT molecular complexity index is 436. The molecule has 0 fully saturated rings. The quantitative estimate of drug-likeness (QED) is 0.754. The molecule has 0 saturated heterocycles. The zero-order valence-electron chi connectivity index (χ0n) is 9.53. The molecular formula is C9H15ClN2O3S. The lowest BCUT2D eigenvalue weighted by molar-refractivity contribution is 0.390. The fourth-order valence-corrected chi connectivity index (χ4v) is 2.72. The van der Waals surface area contributed by atoms with Gasteiger partial charge < -0.3 is 4.52 Å². The van der Waals surface area contributed by atoms with E-state index < -0.39 is 10.0 Å². The van der Waals surface area contributed by atoms with Gasteiger partial charge in [-0.15, -0.1) is 11.6 Å². The summed E-state index contributed by atoms with van der Waals surface area (Å²) in [5.74, 6) is 0.674. The molecule has 0 aliphatic carbocycles. The molecule has 0 saturated carbocycles. The first-order chi connectivity index (χ1) is 7.38. The van der Waals surface area contributed by atoms with Gasteiger partial charge in [0.25, 0.3) is 0 Å². The van der Waals surface area contributed by atoms with Gasteiger partial charge in [0.15, 0.2) is 0 Å². The van der Waals surface area contributed by atoms with Gasteiger partial charge in [-0.05, 0) is 13.8 Å². The molecule has 1 aromatic heterocycles. The van der Waals surface area contributed by atoms with E-state index in [4.69, 9.17) is 16.1 Å². The van der Waals surface area contributed by atoms with E-state index in [9.17, 15) is 8.42 Å². The Labute approximate surface area is 100 Å². The van der Waals surface area contributed by atoms with Crippen LogP contribution in [0, 0.1) is 13.8 Å². The van der Waals surface area contributed by atoms with E-state index in [1.165, 1.54) is 11.4 Å². The first kappa shape index (κ1) is 13.5. The lowest BCUT2D eigenvalue weighted by atomic mass is 10.2. The lowest BCUT2D eigenvalue weighted by Crippen LogP contribution is -2.29. The summed E-state index contributed by atoms with van der Waals surface area (Å²) in [6.45, 7) is 3.81. The summed E-state index contributed by atoms with van der Waals surface area (Å²) in [4.78, 5) is 0. The van der Waals surface area contributed by atoms with Crippen LogP contribution < -0.4 is 0 Å². The Kier molecular flexibility index (Phi) is 4.35. The van der Waals surface area contributed by atoms with Gasteiger partial charge in [0, 0.05) is 25.0 Å². The normalized spacial score (nSPS) is 12.3. The van der Waals surface area contributed by atoms with Crippen LogP contribution >= 0.6 is 11.6 Å². The van der Waals surface area contributed by atoms with E-state index in [0.29, 0.717) is 11.5 Å². The van der Waals surface area contributed by atoms with Crippen LogP contribution in [0.2, 0.25) is 0 Å². The Morgan fingerprint density at radius 3 is 2.50 bits per heavy atom. The molecule has 0 bridgehead atoms. The molecule has 5 nitrogen and oxygen atoms in total. The third-order valence-corrected chi connectivity index (χ3v) is 4.58. The average Bonchev–Trinajstić information content (AvgIpc) is 2.49. The number of sulfonamides is 1. The van der Waals surface area contributed by atoms with E-state index in [2.05, 4.69) is 5.16 Å². The smallest absolute Gasteiger partial charge is 0.215 e. The Morgan fingerprint density at radius 2 is 2.06 bits per heavy atom. The minimum atomic E-state index is -3.29. The Hall–Kier alpha value is -0.590. The highest BCUT2D eigenvalue weighted by Crippen LogP contribution is 2.16. The molecule has 0 radical (unpaired) electrons. The maximum Gasteiger partial charge on any atom is 0.215 e. The summed E-state index contributed by atoms with van der Waals surface area (Å²) in [6, 6.07) is 0. The second-order valence-electron chi connectivity index (χ2n) is 3.56. The summed E-state index contributed by atoms with van der Waals surface area (Å²) in [6.07, 6.45) is 0. The predicted molar refractivity (Wildman–Crippen MR) is 62.0 cm³/mol. The van der Waals surface area contributed by atoms with Crippen molar-refractivity contribution in [3.63, 3.8) is 0 Å². The molecule has 1 heterocycles. The van der Waals surface area contributed by atoms with Crippen LogP contribution in [0.5, 0.6) is 0 Å².